The van der Waals surface area contributed by atoms with E-state index in [0.717, 1.165) is 6.07 Å². The molecule has 0 saturated carbocycles. The molecule has 0 fully saturated rings. The molecule has 29 heavy (non-hydrogen) atoms. The van der Waals surface area contributed by atoms with E-state index in [-0.39, 0.29) is 17.0 Å². The third-order valence-corrected chi connectivity index (χ3v) is 4.37. The smallest absolute Gasteiger partial charge is 0.229 e. The number of anilines is 1. The van der Waals surface area contributed by atoms with Crippen molar-refractivity contribution in [1.82, 2.24) is 4.98 Å². The van der Waals surface area contributed by atoms with Gasteiger partial charge in [0.1, 0.15) is 11.5 Å². The molecule has 1 N–H and O–H groups in total. The predicted molar refractivity (Wildman–Crippen MR) is 108 cm³/mol. The summed E-state index contributed by atoms with van der Waals surface area (Å²) in [5, 5.41) is 2.79. The fraction of sp³-hybridized carbons (Fsp3) is 0.174. The number of benzene rings is 2. The monoisotopic (exact) mass is 394 g/mol. The minimum atomic E-state index is -0.877. The van der Waals surface area contributed by atoms with Gasteiger partial charge in [0.05, 0.1) is 5.56 Å². The van der Waals surface area contributed by atoms with E-state index in [2.05, 4.69) is 10.3 Å². The fourth-order valence-corrected chi connectivity index (χ4v) is 2.72. The van der Waals surface area contributed by atoms with Gasteiger partial charge in [-0.05, 0) is 24.3 Å². The summed E-state index contributed by atoms with van der Waals surface area (Å²) < 4.78 is 29.2. The van der Waals surface area contributed by atoms with Crippen LogP contribution in [0.2, 0.25) is 0 Å². The zero-order valence-corrected chi connectivity index (χ0v) is 16.3. The number of carbonyl (C=O) groups is 2. The topological polar surface area (TPSA) is 59.1 Å². The molecule has 2 aromatic carbocycles. The normalized spacial score (nSPS) is 11.2. The number of nitrogens with one attached hydrogen (secondary N) is 1. The number of hydrogen-bond donors (Lipinski definition) is 1. The van der Waals surface area contributed by atoms with Crippen LogP contribution in [0, 0.1) is 17.0 Å². The minimum absolute atomic E-state index is 0.0875. The van der Waals surface area contributed by atoms with Crippen LogP contribution in [-0.4, -0.2) is 16.7 Å². The molecule has 0 aliphatic carbocycles. The summed E-state index contributed by atoms with van der Waals surface area (Å²) in [7, 11) is 0. The molecule has 0 saturated heterocycles. The number of pyridine rings is 1. The van der Waals surface area contributed by atoms with Crippen LogP contribution in [0.25, 0.3) is 11.1 Å². The Balaban J connectivity index is 2.06. The van der Waals surface area contributed by atoms with Crippen molar-refractivity contribution < 1.29 is 18.4 Å². The Kier molecular flexibility index (Phi) is 5.55. The molecule has 3 aromatic rings. The second-order valence-corrected chi connectivity index (χ2v) is 7.58. The number of nitrogens with zero attached hydrogens (tertiary/aromatic N) is 1. The third kappa shape index (κ3) is 4.21. The van der Waals surface area contributed by atoms with Crippen molar-refractivity contribution >= 4 is 17.4 Å². The second-order valence-electron chi connectivity index (χ2n) is 7.58. The summed E-state index contributed by atoms with van der Waals surface area (Å²) in [5.74, 6) is -2.71. The lowest BCUT2D eigenvalue weighted by molar-refractivity contribution is -0.123. The Labute approximate surface area is 167 Å². The van der Waals surface area contributed by atoms with Gasteiger partial charge in [0.2, 0.25) is 11.7 Å². The van der Waals surface area contributed by atoms with Gasteiger partial charge in [-0.25, -0.2) is 13.8 Å². The molecule has 6 heteroatoms. The highest BCUT2D eigenvalue weighted by atomic mass is 19.1. The van der Waals surface area contributed by atoms with Crippen molar-refractivity contribution in [1.29, 1.82) is 0 Å². The first kappa shape index (κ1) is 20.3. The van der Waals surface area contributed by atoms with Gasteiger partial charge in [0.25, 0.3) is 0 Å². The van der Waals surface area contributed by atoms with Gasteiger partial charge >= 0.3 is 0 Å². The quantitative estimate of drug-likeness (QED) is 0.616. The molecule has 0 spiro atoms. The summed E-state index contributed by atoms with van der Waals surface area (Å²) in [6.07, 6.45) is 1.29. The van der Waals surface area contributed by atoms with Crippen LogP contribution in [0.5, 0.6) is 0 Å². The number of ketones is 1. The molecule has 1 amide bonds. The van der Waals surface area contributed by atoms with Gasteiger partial charge in [0, 0.05) is 28.4 Å². The van der Waals surface area contributed by atoms with Crippen LogP contribution >= 0.6 is 0 Å². The highest BCUT2D eigenvalue weighted by Gasteiger charge is 2.25. The number of hydrogen-bond acceptors (Lipinski definition) is 3. The molecule has 1 aromatic heterocycles. The van der Waals surface area contributed by atoms with Crippen molar-refractivity contribution in [3.63, 3.8) is 0 Å². The largest absolute Gasteiger partial charge is 0.325 e. The minimum Gasteiger partial charge on any atom is -0.325 e. The standard InChI is InChI=1S/C23H20F2N2O2/c1-23(2,3)22(29)27-18-11-7-5-8-14(18)15-12-13-26-20(19(15)25)21(28)16-9-4-6-10-17(16)24/h4-13H,1-3H3,(H,27,29). The van der Waals surface area contributed by atoms with Crippen molar-refractivity contribution in [2.45, 2.75) is 20.8 Å². The Morgan fingerprint density at radius 3 is 2.24 bits per heavy atom. The average molecular weight is 394 g/mol. The van der Waals surface area contributed by atoms with Crippen molar-refractivity contribution in [2.75, 3.05) is 5.32 Å². The fourth-order valence-electron chi connectivity index (χ4n) is 2.72. The van der Waals surface area contributed by atoms with E-state index < -0.39 is 28.5 Å². The number of aromatic nitrogens is 1. The van der Waals surface area contributed by atoms with E-state index in [1.807, 2.05) is 0 Å². The SMILES string of the molecule is CC(C)(C)C(=O)Nc1ccccc1-c1ccnc(C(=O)c2ccccc2F)c1F. The van der Waals surface area contributed by atoms with Crippen LogP contribution in [0.15, 0.2) is 60.8 Å². The Hall–Kier alpha value is -3.41. The zero-order valence-electron chi connectivity index (χ0n) is 16.3. The Morgan fingerprint density at radius 2 is 1.55 bits per heavy atom. The van der Waals surface area contributed by atoms with Crippen LogP contribution in [0.3, 0.4) is 0 Å². The first-order valence-corrected chi connectivity index (χ1v) is 9.04. The molecule has 1 heterocycles. The highest BCUT2D eigenvalue weighted by Crippen LogP contribution is 2.32. The van der Waals surface area contributed by atoms with Gasteiger partial charge in [-0.15, -0.1) is 0 Å². The van der Waals surface area contributed by atoms with Gasteiger partial charge in [0.15, 0.2) is 5.82 Å². The summed E-state index contributed by atoms with van der Waals surface area (Å²) in [6.45, 7) is 5.30. The predicted octanol–water partition coefficient (Wildman–Crippen LogP) is 5.24. The Bertz CT molecular complexity index is 1090. The lowest BCUT2D eigenvalue weighted by Gasteiger charge is -2.19. The molecule has 0 atom stereocenters. The number of carbonyl (C=O) groups excluding carboxylic acids is 2. The molecule has 4 nitrogen and oxygen atoms in total. The molecular formula is C23H20F2N2O2. The molecule has 0 aliphatic heterocycles. The Morgan fingerprint density at radius 1 is 0.897 bits per heavy atom. The maximum atomic E-state index is 15.3. The molecule has 3 rings (SSSR count). The maximum absolute atomic E-state index is 15.3. The zero-order chi connectivity index (χ0) is 21.2. The molecule has 0 radical (unpaired) electrons. The average Bonchev–Trinajstić information content (AvgIpc) is 2.68. The third-order valence-electron chi connectivity index (χ3n) is 4.37. The summed E-state index contributed by atoms with van der Waals surface area (Å²) in [4.78, 5) is 28.9. The summed E-state index contributed by atoms with van der Waals surface area (Å²) >= 11 is 0. The van der Waals surface area contributed by atoms with Crippen LogP contribution < -0.4 is 5.32 Å². The van der Waals surface area contributed by atoms with Crippen LogP contribution in [0.1, 0.15) is 36.8 Å². The van der Waals surface area contributed by atoms with E-state index in [1.165, 1.54) is 30.5 Å². The van der Waals surface area contributed by atoms with E-state index >= 15 is 4.39 Å². The van der Waals surface area contributed by atoms with Crippen molar-refractivity contribution in [3.05, 3.63) is 83.7 Å². The first-order valence-electron chi connectivity index (χ1n) is 9.04. The van der Waals surface area contributed by atoms with Gasteiger partial charge in [-0.1, -0.05) is 51.1 Å². The van der Waals surface area contributed by atoms with Gasteiger partial charge in [-0.2, -0.15) is 0 Å². The summed E-state index contributed by atoms with van der Waals surface area (Å²) in [5.41, 5.74) is -0.496. The number of para-hydroxylation sites is 1. The lowest BCUT2D eigenvalue weighted by atomic mass is 9.94. The number of rotatable bonds is 4. The van der Waals surface area contributed by atoms with E-state index in [9.17, 15) is 14.0 Å². The second kappa shape index (κ2) is 7.91. The van der Waals surface area contributed by atoms with E-state index in [0.29, 0.717) is 11.3 Å². The van der Waals surface area contributed by atoms with Crippen LogP contribution in [0.4, 0.5) is 14.5 Å². The molecule has 0 aliphatic rings. The molecule has 0 bridgehead atoms. The maximum Gasteiger partial charge on any atom is 0.229 e. The molecular weight excluding hydrogens is 374 g/mol. The lowest BCUT2D eigenvalue weighted by Crippen LogP contribution is -2.27. The van der Waals surface area contributed by atoms with E-state index in [4.69, 9.17) is 0 Å². The van der Waals surface area contributed by atoms with E-state index in [1.54, 1.807) is 45.0 Å². The number of amides is 1. The van der Waals surface area contributed by atoms with Crippen LogP contribution in [-0.2, 0) is 4.79 Å². The van der Waals surface area contributed by atoms with Crippen molar-refractivity contribution in [3.8, 4) is 11.1 Å². The molecule has 148 valence electrons. The molecule has 0 unspecified atom stereocenters. The van der Waals surface area contributed by atoms with Crippen molar-refractivity contribution in [2.24, 2.45) is 5.41 Å². The van der Waals surface area contributed by atoms with Gasteiger partial charge < -0.3 is 5.32 Å². The number of halogens is 2. The summed E-state index contributed by atoms with van der Waals surface area (Å²) in [6, 6.07) is 13.5. The van der Waals surface area contributed by atoms with Gasteiger partial charge in [-0.3, -0.25) is 9.59 Å². The first-order chi connectivity index (χ1) is 13.7. The highest BCUT2D eigenvalue weighted by molar-refractivity contribution is 6.09.